The fourth-order valence-corrected chi connectivity index (χ4v) is 4.22. The first kappa shape index (κ1) is 13.6. The summed E-state index contributed by atoms with van der Waals surface area (Å²) in [5.41, 5.74) is 0.776. The van der Waals surface area contributed by atoms with Gasteiger partial charge in [-0.3, -0.25) is 4.79 Å². The van der Waals surface area contributed by atoms with E-state index in [9.17, 15) is 15.0 Å². The van der Waals surface area contributed by atoms with E-state index < -0.39 is 12.1 Å². The second-order valence-electron chi connectivity index (χ2n) is 6.42. The van der Waals surface area contributed by atoms with Crippen molar-refractivity contribution < 1.29 is 15.0 Å². The summed E-state index contributed by atoms with van der Waals surface area (Å²) in [6, 6.07) is 0. The van der Waals surface area contributed by atoms with Gasteiger partial charge in [0.1, 0.15) is 0 Å². The molecule has 2 N–H and O–H groups in total. The van der Waals surface area contributed by atoms with Crippen LogP contribution in [0.15, 0.2) is 11.6 Å². The summed E-state index contributed by atoms with van der Waals surface area (Å²) >= 11 is 0. The van der Waals surface area contributed by atoms with Gasteiger partial charge in [0.15, 0.2) is 0 Å². The predicted octanol–water partition coefficient (Wildman–Crippen LogP) is 2.84. The molecule has 0 radical (unpaired) electrons. The number of aliphatic carboxylic acids is 1. The van der Waals surface area contributed by atoms with Gasteiger partial charge in [-0.15, -0.1) is 0 Å². The first-order valence-corrected chi connectivity index (χ1v) is 6.96. The first-order chi connectivity index (χ1) is 8.38. The molecule has 0 aromatic heterocycles. The molecule has 3 heteroatoms. The van der Waals surface area contributed by atoms with Crippen LogP contribution in [0.1, 0.15) is 46.5 Å². The minimum atomic E-state index is -0.682. The molecule has 0 saturated heterocycles. The molecule has 0 aliphatic heterocycles. The number of hydrogen-bond acceptors (Lipinski definition) is 2. The first-order valence-electron chi connectivity index (χ1n) is 6.96. The third kappa shape index (κ3) is 1.99. The molecule has 102 valence electrons. The molecule has 0 aromatic rings. The van der Waals surface area contributed by atoms with Crippen molar-refractivity contribution in [2.24, 2.45) is 23.2 Å². The topological polar surface area (TPSA) is 57.5 Å². The Labute approximate surface area is 109 Å². The third-order valence-corrected chi connectivity index (χ3v) is 5.20. The quantitative estimate of drug-likeness (QED) is 0.743. The van der Waals surface area contributed by atoms with Crippen LogP contribution in [-0.4, -0.2) is 22.3 Å². The van der Waals surface area contributed by atoms with Crippen molar-refractivity contribution in [3.8, 4) is 0 Å². The minimum Gasteiger partial charge on any atom is -0.481 e. The van der Waals surface area contributed by atoms with Gasteiger partial charge in [0, 0.05) is 0 Å². The van der Waals surface area contributed by atoms with Crippen LogP contribution in [0.5, 0.6) is 0 Å². The van der Waals surface area contributed by atoms with E-state index >= 15 is 0 Å². The van der Waals surface area contributed by atoms with E-state index in [2.05, 4.69) is 19.9 Å². The van der Waals surface area contributed by atoms with Gasteiger partial charge in [0.2, 0.25) is 0 Å². The second-order valence-corrected chi connectivity index (χ2v) is 6.42. The molecule has 0 aromatic carbocycles. The summed E-state index contributed by atoms with van der Waals surface area (Å²) in [4.78, 5) is 11.5. The van der Waals surface area contributed by atoms with Gasteiger partial charge in [0.25, 0.3) is 0 Å². The maximum absolute atomic E-state index is 11.5. The zero-order valence-electron chi connectivity index (χ0n) is 11.5. The van der Waals surface area contributed by atoms with Gasteiger partial charge in [-0.05, 0) is 55.4 Å². The SMILES string of the molecule is CC1=CC[C@@]2(C[C@@H]1O)[C@H](C(=O)O)CC[C@H]2C(C)C. The predicted molar refractivity (Wildman–Crippen MR) is 70.1 cm³/mol. The van der Waals surface area contributed by atoms with Crippen molar-refractivity contribution in [1.82, 2.24) is 0 Å². The summed E-state index contributed by atoms with van der Waals surface area (Å²) in [5.74, 6) is -0.0758. The van der Waals surface area contributed by atoms with Crippen molar-refractivity contribution in [3.63, 3.8) is 0 Å². The molecular formula is C15H24O3. The molecule has 2 rings (SSSR count). The number of carboxylic acids is 1. The second kappa shape index (κ2) is 4.69. The summed E-state index contributed by atoms with van der Waals surface area (Å²) in [6.45, 7) is 6.29. The van der Waals surface area contributed by atoms with Crippen molar-refractivity contribution in [3.05, 3.63) is 11.6 Å². The number of rotatable bonds is 2. The number of hydrogen-bond donors (Lipinski definition) is 2. The van der Waals surface area contributed by atoms with Gasteiger partial charge in [-0.2, -0.15) is 0 Å². The smallest absolute Gasteiger partial charge is 0.307 e. The Bertz CT molecular complexity index is 372. The van der Waals surface area contributed by atoms with E-state index in [1.807, 2.05) is 6.92 Å². The van der Waals surface area contributed by atoms with Gasteiger partial charge >= 0.3 is 5.97 Å². The Morgan fingerprint density at radius 3 is 2.61 bits per heavy atom. The average molecular weight is 252 g/mol. The molecule has 2 aliphatic carbocycles. The van der Waals surface area contributed by atoms with E-state index in [0.717, 1.165) is 24.8 Å². The van der Waals surface area contributed by atoms with Gasteiger partial charge < -0.3 is 10.2 Å². The van der Waals surface area contributed by atoms with Crippen LogP contribution >= 0.6 is 0 Å². The maximum Gasteiger partial charge on any atom is 0.307 e. The Morgan fingerprint density at radius 2 is 2.11 bits per heavy atom. The number of allylic oxidation sites excluding steroid dienone is 1. The minimum absolute atomic E-state index is 0.223. The Hall–Kier alpha value is -0.830. The lowest BCUT2D eigenvalue weighted by Gasteiger charge is -2.44. The number of aliphatic hydroxyl groups excluding tert-OH is 1. The molecule has 3 nitrogen and oxygen atoms in total. The van der Waals surface area contributed by atoms with Crippen LogP contribution < -0.4 is 0 Å². The molecule has 0 bridgehead atoms. The van der Waals surface area contributed by atoms with E-state index in [0.29, 0.717) is 18.3 Å². The molecule has 0 unspecified atom stereocenters. The Balaban J connectivity index is 2.37. The molecular weight excluding hydrogens is 228 g/mol. The molecule has 1 fully saturated rings. The van der Waals surface area contributed by atoms with Crippen LogP contribution in [0.3, 0.4) is 0 Å². The van der Waals surface area contributed by atoms with Crippen LogP contribution in [0.4, 0.5) is 0 Å². The summed E-state index contributed by atoms with van der Waals surface area (Å²) in [6.07, 6.45) is 4.78. The van der Waals surface area contributed by atoms with E-state index in [-0.39, 0.29) is 11.3 Å². The normalized spacial score (nSPS) is 40.3. The highest BCUT2D eigenvalue weighted by Crippen LogP contribution is 2.58. The van der Waals surface area contributed by atoms with E-state index in [4.69, 9.17) is 0 Å². The highest BCUT2D eigenvalue weighted by molar-refractivity contribution is 5.72. The van der Waals surface area contributed by atoms with E-state index in [1.165, 1.54) is 0 Å². The van der Waals surface area contributed by atoms with Crippen LogP contribution in [0, 0.1) is 23.2 Å². The molecule has 18 heavy (non-hydrogen) atoms. The van der Waals surface area contributed by atoms with Crippen molar-refractivity contribution >= 4 is 5.97 Å². The monoisotopic (exact) mass is 252 g/mol. The summed E-state index contributed by atoms with van der Waals surface area (Å²) in [5, 5.41) is 19.6. The number of aliphatic hydroxyl groups is 1. The molecule has 2 aliphatic rings. The molecule has 0 heterocycles. The molecule has 1 spiro atoms. The fraction of sp³-hybridized carbons (Fsp3) is 0.800. The summed E-state index contributed by atoms with van der Waals surface area (Å²) in [7, 11) is 0. The molecule has 4 atom stereocenters. The van der Waals surface area contributed by atoms with Gasteiger partial charge in [-0.25, -0.2) is 0 Å². The maximum atomic E-state index is 11.5. The van der Waals surface area contributed by atoms with Crippen LogP contribution in [0.25, 0.3) is 0 Å². The highest BCUT2D eigenvalue weighted by atomic mass is 16.4. The standard InChI is InChI=1S/C15H24O3/c1-9(2)11-4-5-12(14(17)18)15(11)7-6-10(3)13(16)8-15/h6,9,11-13,16H,4-5,7-8H2,1-3H3,(H,17,18)/t11-,12-,13-,15-/m0/s1. The van der Waals surface area contributed by atoms with Crippen LogP contribution in [0.2, 0.25) is 0 Å². The zero-order chi connectivity index (χ0) is 13.5. The number of carbonyl (C=O) groups is 1. The zero-order valence-corrected chi connectivity index (χ0v) is 11.5. The lowest BCUT2D eigenvalue weighted by molar-refractivity contribution is -0.147. The lowest BCUT2D eigenvalue weighted by atomic mass is 9.60. The summed E-state index contributed by atoms with van der Waals surface area (Å²) < 4.78 is 0. The van der Waals surface area contributed by atoms with Gasteiger partial charge in [0.05, 0.1) is 12.0 Å². The molecule has 1 saturated carbocycles. The highest BCUT2D eigenvalue weighted by Gasteiger charge is 2.55. The number of carboxylic acid groups (broad SMARTS) is 1. The molecule has 0 amide bonds. The lowest BCUT2D eigenvalue weighted by Crippen LogP contribution is -2.43. The largest absolute Gasteiger partial charge is 0.481 e. The van der Waals surface area contributed by atoms with Crippen LogP contribution in [-0.2, 0) is 4.79 Å². The van der Waals surface area contributed by atoms with Crippen molar-refractivity contribution in [2.45, 2.75) is 52.6 Å². The Kier molecular flexibility index (Phi) is 3.54. The third-order valence-electron chi connectivity index (χ3n) is 5.20. The average Bonchev–Trinajstić information content (AvgIpc) is 2.63. The van der Waals surface area contributed by atoms with Crippen molar-refractivity contribution in [1.29, 1.82) is 0 Å². The van der Waals surface area contributed by atoms with Crippen molar-refractivity contribution in [2.75, 3.05) is 0 Å². The van der Waals surface area contributed by atoms with E-state index in [1.54, 1.807) is 0 Å². The van der Waals surface area contributed by atoms with Gasteiger partial charge in [-0.1, -0.05) is 19.9 Å². The fourth-order valence-electron chi connectivity index (χ4n) is 4.22. The Morgan fingerprint density at radius 1 is 1.44 bits per heavy atom.